The number of hydrogen-bond acceptors (Lipinski definition) is 3. The molecule has 0 aromatic rings. The van der Waals surface area contributed by atoms with Gasteiger partial charge in [-0.2, -0.15) is 0 Å². The highest BCUT2D eigenvalue weighted by molar-refractivity contribution is 5.80. The van der Waals surface area contributed by atoms with Crippen LogP contribution in [0.4, 0.5) is 0 Å². The van der Waals surface area contributed by atoms with E-state index < -0.39 is 23.8 Å². The van der Waals surface area contributed by atoms with Crippen LogP contribution in [0.3, 0.4) is 0 Å². The predicted octanol–water partition coefficient (Wildman–Crippen LogP) is -0.192. The molecule has 0 radical (unpaired) electrons. The minimum atomic E-state index is -1.10. The summed E-state index contributed by atoms with van der Waals surface area (Å²) < 4.78 is 4.88. The molecule has 0 bridgehead atoms. The van der Waals surface area contributed by atoms with Gasteiger partial charge in [-0.05, 0) is 6.42 Å². The number of aliphatic carboxylic acids is 2. The Kier molecular flexibility index (Phi) is 2.65. The maximum absolute atomic E-state index is 10.6. The number of rotatable bonds is 2. The van der Waals surface area contributed by atoms with Crippen molar-refractivity contribution in [2.24, 2.45) is 11.8 Å². The van der Waals surface area contributed by atoms with Crippen molar-refractivity contribution in [3.63, 3.8) is 0 Å². The SMILES string of the molecule is O=C(O)[C@@H]1CCOC[C@H]1C(=O)O. The lowest BCUT2D eigenvalue weighted by atomic mass is 9.89. The summed E-state index contributed by atoms with van der Waals surface area (Å²) in [5.41, 5.74) is 0. The standard InChI is InChI=1S/C7H10O5/c8-6(9)4-1-2-12-3-5(4)7(10)11/h4-5H,1-3H2,(H,8,9)(H,10,11)/t4-,5-/m1/s1. The van der Waals surface area contributed by atoms with Crippen molar-refractivity contribution in [2.45, 2.75) is 6.42 Å². The molecule has 0 aliphatic carbocycles. The lowest BCUT2D eigenvalue weighted by Gasteiger charge is -2.24. The van der Waals surface area contributed by atoms with Crippen molar-refractivity contribution in [3.05, 3.63) is 0 Å². The van der Waals surface area contributed by atoms with E-state index >= 15 is 0 Å². The number of carboxylic acids is 2. The van der Waals surface area contributed by atoms with Crippen LogP contribution in [0.25, 0.3) is 0 Å². The molecule has 0 spiro atoms. The van der Waals surface area contributed by atoms with Gasteiger partial charge in [-0.25, -0.2) is 0 Å². The Morgan fingerprint density at radius 2 is 1.75 bits per heavy atom. The van der Waals surface area contributed by atoms with E-state index in [0.717, 1.165) is 0 Å². The van der Waals surface area contributed by atoms with Crippen molar-refractivity contribution in [2.75, 3.05) is 13.2 Å². The molecule has 1 rings (SSSR count). The van der Waals surface area contributed by atoms with Crippen LogP contribution in [0.2, 0.25) is 0 Å². The lowest BCUT2D eigenvalue weighted by molar-refractivity contribution is -0.161. The van der Waals surface area contributed by atoms with Crippen molar-refractivity contribution >= 4 is 11.9 Å². The van der Waals surface area contributed by atoms with Gasteiger partial charge in [0.2, 0.25) is 0 Å². The highest BCUT2D eigenvalue weighted by atomic mass is 16.5. The van der Waals surface area contributed by atoms with E-state index in [9.17, 15) is 9.59 Å². The summed E-state index contributed by atoms with van der Waals surface area (Å²) >= 11 is 0. The van der Waals surface area contributed by atoms with Gasteiger partial charge in [0.05, 0.1) is 18.4 Å². The van der Waals surface area contributed by atoms with Gasteiger partial charge in [0.15, 0.2) is 0 Å². The zero-order valence-corrected chi connectivity index (χ0v) is 6.40. The molecule has 1 saturated heterocycles. The number of ether oxygens (including phenoxy) is 1. The molecule has 2 N–H and O–H groups in total. The van der Waals surface area contributed by atoms with Gasteiger partial charge >= 0.3 is 11.9 Å². The first-order valence-corrected chi connectivity index (χ1v) is 3.66. The third-order valence-electron chi connectivity index (χ3n) is 1.99. The smallest absolute Gasteiger partial charge is 0.309 e. The molecule has 1 aliphatic rings. The van der Waals surface area contributed by atoms with E-state index in [0.29, 0.717) is 6.61 Å². The Morgan fingerprint density at radius 1 is 1.17 bits per heavy atom. The van der Waals surface area contributed by atoms with Gasteiger partial charge in [-0.3, -0.25) is 9.59 Å². The fraction of sp³-hybridized carbons (Fsp3) is 0.714. The summed E-state index contributed by atoms with van der Waals surface area (Å²) in [4.78, 5) is 21.1. The summed E-state index contributed by atoms with van der Waals surface area (Å²) in [5.74, 6) is -3.83. The molecule has 0 unspecified atom stereocenters. The molecule has 12 heavy (non-hydrogen) atoms. The molecule has 68 valence electrons. The molecular formula is C7H10O5. The summed E-state index contributed by atoms with van der Waals surface area (Å²) in [7, 11) is 0. The summed E-state index contributed by atoms with van der Waals surface area (Å²) in [6.07, 6.45) is 0.284. The second-order valence-electron chi connectivity index (χ2n) is 2.75. The van der Waals surface area contributed by atoms with Crippen LogP contribution >= 0.6 is 0 Å². The molecule has 1 heterocycles. The Bertz CT molecular complexity index is 178. The normalized spacial score (nSPS) is 29.7. The minimum absolute atomic E-state index is 0.00625. The van der Waals surface area contributed by atoms with Gasteiger partial charge < -0.3 is 14.9 Å². The fourth-order valence-corrected chi connectivity index (χ4v) is 1.28. The molecule has 1 fully saturated rings. The molecule has 0 saturated carbocycles. The number of carboxylic acid groups (broad SMARTS) is 2. The van der Waals surface area contributed by atoms with Gasteiger partial charge in [-0.1, -0.05) is 0 Å². The highest BCUT2D eigenvalue weighted by Crippen LogP contribution is 2.22. The quantitative estimate of drug-likeness (QED) is 0.606. The summed E-state index contributed by atoms with van der Waals surface area (Å²) in [6, 6.07) is 0. The van der Waals surface area contributed by atoms with Crippen LogP contribution in [-0.4, -0.2) is 35.4 Å². The van der Waals surface area contributed by atoms with Gasteiger partial charge in [0.25, 0.3) is 0 Å². The average Bonchev–Trinajstić information content (AvgIpc) is 2.04. The van der Waals surface area contributed by atoms with Crippen molar-refractivity contribution < 1.29 is 24.5 Å². The molecule has 0 aromatic carbocycles. The van der Waals surface area contributed by atoms with Crippen molar-refractivity contribution in [1.29, 1.82) is 0 Å². The topological polar surface area (TPSA) is 83.8 Å². The second kappa shape index (κ2) is 3.53. The van der Waals surface area contributed by atoms with Crippen LogP contribution < -0.4 is 0 Å². The van der Waals surface area contributed by atoms with Crippen LogP contribution in [0.5, 0.6) is 0 Å². The van der Waals surface area contributed by atoms with E-state index in [1.807, 2.05) is 0 Å². The zero-order chi connectivity index (χ0) is 9.14. The third kappa shape index (κ3) is 1.73. The Hall–Kier alpha value is -1.10. The van der Waals surface area contributed by atoms with E-state index in [1.165, 1.54) is 0 Å². The van der Waals surface area contributed by atoms with E-state index in [-0.39, 0.29) is 13.0 Å². The molecule has 5 heteroatoms. The summed E-state index contributed by atoms with van der Waals surface area (Å²) in [6.45, 7) is 0.340. The lowest BCUT2D eigenvalue weighted by Crippen LogP contribution is -2.37. The minimum Gasteiger partial charge on any atom is -0.481 e. The zero-order valence-electron chi connectivity index (χ0n) is 6.40. The first-order valence-electron chi connectivity index (χ1n) is 3.66. The number of hydrogen-bond donors (Lipinski definition) is 2. The second-order valence-corrected chi connectivity index (χ2v) is 2.75. The molecule has 0 aromatic heterocycles. The average molecular weight is 174 g/mol. The fourth-order valence-electron chi connectivity index (χ4n) is 1.28. The van der Waals surface area contributed by atoms with E-state index in [4.69, 9.17) is 14.9 Å². The Balaban J connectivity index is 2.67. The molecule has 0 amide bonds. The monoisotopic (exact) mass is 174 g/mol. The van der Waals surface area contributed by atoms with Crippen LogP contribution in [0.1, 0.15) is 6.42 Å². The van der Waals surface area contributed by atoms with Gasteiger partial charge in [0, 0.05) is 6.61 Å². The Labute approximate surface area is 68.9 Å². The molecule has 5 nitrogen and oxygen atoms in total. The number of carbonyl (C=O) groups is 2. The molecule has 2 atom stereocenters. The van der Waals surface area contributed by atoms with Crippen LogP contribution in [-0.2, 0) is 14.3 Å². The van der Waals surface area contributed by atoms with Crippen LogP contribution in [0.15, 0.2) is 0 Å². The van der Waals surface area contributed by atoms with Crippen LogP contribution in [0, 0.1) is 11.8 Å². The maximum atomic E-state index is 10.6. The van der Waals surface area contributed by atoms with Crippen molar-refractivity contribution in [1.82, 2.24) is 0 Å². The predicted molar refractivity (Wildman–Crippen MR) is 37.7 cm³/mol. The largest absolute Gasteiger partial charge is 0.481 e. The van der Waals surface area contributed by atoms with Gasteiger partial charge in [-0.15, -0.1) is 0 Å². The molecule has 1 aliphatic heterocycles. The van der Waals surface area contributed by atoms with E-state index in [1.54, 1.807) is 0 Å². The summed E-state index contributed by atoms with van der Waals surface area (Å²) in [5, 5.41) is 17.3. The first-order chi connectivity index (χ1) is 5.63. The Morgan fingerprint density at radius 3 is 2.17 bits per heavy atom. The maximum Gasteiger partial charge on any atom is 0.309 e. The van der Waals surface area contributed by atoms with E-state index in [2.05, 4.69) is 0 Å². The van der Waals surface area contributed by atoms with Gasteiger partial charge in [0.1, 0.15) is 0 Å². The third-order valence-corrected chi connectivity index (χ3v) is 1.99. The molecular weight excluding hydrogens is 164 g/mol. The van der Waals surface area contributed by atoms with Crippen molar-refractivity contribution in [3.8, 4) is 0 Å². The highest BCUT2D eigenvalue weighted by Gasteiger charge is 2.36. The first kappa shape index (κ1) is 8.99.